The van der Waals surface area contributed by atoms with E-state index in [9.17, 15) is 0 Å². The Morgan fingerprint density at radius 1 is 0.621 bits per heavy atom. The summed E-state index contributed by atoms with van der Waals surface area (Å²) in [5.74, 6) is 1.71. The third-order valence-corrected chi connectivity index (χ3v) is 11.8. The van der Waals surface area contributed by atoms with Crippen LogP contribution in [0, 0.1) is 0 Å². The molecular formula is C40H54BCl3N8O6. The zero-order chi connectivity index (χ0) is 40.7. The largest absolute Gasteiger partial charge is 0.514 e. The minimum atomic E-state index is -0.381. The number of nitrogens with zero attached hydrogens (tertiary/aromatic N) is 8. The number of hydrogen-bond donors (Lipinski definition) is 0. The zero-order valence-corrected chi connectivity index (χ0v) is 36.1. The van der Waals surface area contributed by atoms with Crippen molar-refractivity contribution in [3.8, 4) is 11.4 Å². The fraction of sp³-hybridized carbons (Fsp3) is 0.600. The highest BCUT2D eigenvalue weighted by Crippen LogP contribution is 2.37. The van der Waals surface area contributed by atoms with E-state index in [4.69, 9.17) is 68.0 Å². The maximum atomic E-state index is 6.37. The number of anilines is 2. The molecule has 2 unspecified atom stereocenters. The van der Waals surface area contributed by atoms with Gasteiger partial charge < -0.3 is 38.1 Å². The molecule has 5 aliphatic rings. The molecule has 14 nitrogen and oxygen atoms in total. The summed E-state index contributed by atoms with van der Waals surface area (Å²) >= 11 is 18.1. The molecule has 18 heteroatoms. The highest BCUT2D eigenvalue weighted by Gasteiger charge is 2.53. The van der Waals surface area contributed by atoms with Gasteiger partial charge in [0.15, 0.2) is 6.23 Å². The topological polar surface area (TPSA) is 123 Å². The van der Waals surface area contributed by atoms with Crippen molar-refractivity contribution in [3.63, 3.8) is 0 Å². The van der Waals surface area contributed by atoms with E-state index in [-0.39, 0.29) is 30.8 Å². The molecule has 0 aliphatic carbocycles. The summed E-state index contributed by atoms with van der Waals surface area (Å²) in [6.07, 6.45) is 10.1. The molecule has 4 aromatic rings. The van der Waals surface area contributed by atoms with E-state index in [0.717, 1.165) is 127 Å². The molecule has 0 amide bonds. The molecule has 5 aliphatic heterocycles. The van der Waals surface area contributed by atoms with Crippen molar-refractivity contribution in [2.75, 3.05) is 75.6 Å². The summed E-state index contributed by atoms with van der Waals surface area (Å²) in [7, 11) is -0.381. The molecule has 0 bridgehead atoms. The molecule has 0 radical (unpaired) electrons. The Morgan fingerprint density at radius 3 is 1.69 bits per heavy atom. The summed E-state index contributed by atoms with van der Waals surface area (Å²) in [4.78, 5) is 13.4. The van der Waals surface area contributed by atoms with Crippen LogP contribution in [0.3, 0.4) is 0 Å². The average molecular weight is 860 g/mol. The first-order valence-electron chi connectivity index (χ1n) is 20.3. The van der Waals surface area contributed by atoms with Gasteiger partial charge in [0.25, 0.3) is 0 Å². The van der Waals surface area contributed by atoms with E-state index in [1.165, 1.54) is 6.42 Å². The molecule has 0 N–H and O–H groups in total. The summed E-state index contributed by atoms with van der Waals surface area (Å²) in [5.41, 5.74) is 2.05. The van der Waals surface area contributed by atoms with Crippen LogP contribution in [0.15, 0.2) is 48.8 Å². The minimum absolute atomic E-state index is 0.00720. The van der Waals surface area contributed by atoms with Crippen LogP contribution in [-0.2, 0) is 28.3 Å². The van der Waals surface area contributed by atoms with Crippen LogP contribution >= 0.6 is 34.8 Å². The Kier molecular flexibility index (Phi) is 14.6. The summed E-state index contributed by atoms with van der Waals surface area (Å²) < 4.78 is 38.4. The van der Waals surface area contributed by atoms with Crippen LogP contribution in [0.5, 0.6) is 0 Å². The van der Waals surface area contributed by atoms with Crippen molar-refractivity contribution in [2.24, 2.45) is 0 Å². The molecule has 2 atom stereocenters. The molecule has 0 aromatic carbocycles. The summed E-state index contributed by atoms with van der Waals surface area (Å²) in [5, 5.41) is 10.6. The van der Waals surface area contributed by atoms with Gasteiger partial charge in [-0.25, -0.2) is 19.3 Å². The SMILES string of the molecule is CC1(C)OB(c2ccnn2C2CCCCO2)OC1(C)C.Clc1cc(-c2ccnn2C2CCCCO2)nc(N2CCOCC2)c1.Clc1cc(Cl)nc(N2CCOCC2)c1. The molecule has 314 valence electrons. The fourth-order valence-electron chi connectivity index (χ4n) is 7.27. The van der Waals surface area contributed by atoms with Crippen LogP contribution in [0.25, 0.3) is 11.4 Å². The quantitative estimate of drug-likeness (QED) is 0.144. The van der Waals surface area contributed by atoms with E-state index < -0.39 is 0 Å². The molecule has 9 heterocycles. The second-order valence-electron chi connectivity index (χ2n) is 15.8. The average Bonchev–Trinajstić information content (AvgIpc) is 3.97. The van der Waals surface area contributed by atoms with Gasteiger partial charge in [-0.2, -0.15) is 10.2 Å². The Balaban J connectivity index is 0.000000137. The number of halogens is 3. The van der Waals surface area contributed by atoms with Crippen molar-refractivity contribution >= 4 is 59.2 Å². The zero-order valence-electron chi connectivity index (χ0n) is 33.8. The van der Waals surface area contributed by atoms with Crippen molar-refractivity contribution < 1.29 is 28.3 Å². The van der Waals surface area contributed by atoms with Crippen molar-refractivity contribution in [2.45, 2.75) is 89.9 Å². The maximum Gasteiger partial charge on any atom is 0.514 e. The second-order valence-corrected chi connectivity index (χ2v) is 17.0. The third-order valence-electron chi connectivity index (χ3n) is 11.2. The van der Waals surface area contributed by atoms with Gasteiger partial charge in [0.1, 0.15) is 23.0 Å². The number of aromatic nitrogens is 6. The van der Waals surface area contributed by atoms with Gasteiger partial charge in [-0.05, 0) is 103 Å². The number of pyridine rings is 2. The molecule has 5 fully saturated rings. The van der Waals surface area contributed by atoms with Gasteiger partial charge in [-0.15, -0.1) is 0 Å². The first kappa shape index (κ1) is 43.1. The highest BCUT2D eigenvalue weighted by molar-refractivity contribution is 6.61. The predicted octanol–water partition coefficient (Wildman–Crippen LogP) is 7.24. The van der Waals surface area contributed by atoms with Crippen LogP contribution in [-0.4, -0.2) is 114 Å². The van der Waals surface area contributed by atoms with Gasteiger partial charge in [-0.1, -0.05) is 34.8 Å². The van der Waals surface area contributed by atoms with E-state index in [2.05, 4.69) is 52.7 Å². The molecule has 5 saturated heterocycles. The Bertz CT molecular complexity index is 1890. The number of hydrogen-bond acceptors (Lipinski definition) is 12. The van der Waals surface area contributed by atoms with E-state index in [1.807, 2.05) is 39.7 Å². The lowest BCUT2D eigenvalue weighted by Crippen LogP contribution is -2.42. The number of rotatable bonds is 6. The van der Waals surface area contributed by atoms with Crippen LogP contribution in [0.4, 0.5) is 11.6 Å². The number of morpholine rings is 2. The van der Waals surface area contributed by atoms with Gasteiger partial charge in [-0.3, -0.25) is 0 Å². The smallest absolute Gasteiger partial charge is 0.398 e. The molecule has 4 aromatic heterocycles. The van der Waals surface area contributed by atoms with Crippen molar-refractivity contribution in [1.29, 1.82) is 0 Å². The Labute approximate surface area is 356 Å². The lowest BCUT2D eigenvalue weighted by molar-refractivity contribution is -0.0384. The summed E-state index contributed by atoms with van der Waals surface area (Å²) in [6.45, 7) is 16.1. The highest BCUT2D eigenvalue weighted by atomic mass is 35.5. The lowest BCUT2D eigenvalue weighted by atomic mass is 9.84. The molecular weight excluding hydrogens is 806 g/mol. The fourth-order valence-corrected chi connectivity index (χ4v) is 7.93. The van der Waals surface area contributed by atoms with Crippen LogP contribution in [0.2, 0.25) is 15.2 Å². The van der Waals surface area contributed by atoms with Crippen molar-refractivity contribution in [1.82, 2.24) is 29.5 Å². The Morgan fingerprint density at radius 2 is 1.14 bits per heavy atom. The maximum absolute atomic E-state index is 6.37. The lowest BCUT2D eigenvalue weighted by Gasteiger charge is -2.32. The molecule has 58 heavy (non-hydrogen) atoms. The predicted molar refractivity (Wildman–Crippen MR) is 226 cm³/mol. The minimum Gasteiger partial charge on any atom is -0.398 e. The van der Waals surface area contributed by atoms with Gasteiger partial charge in [0, 0.05) is 61.8 Å². The normalized spacial score (nSPS) is 23.1. The first-order chi connectivity index (χ1) is 28.0. The Hall–Kier alpha value is -2.99. The van der Waals surface area contributed by atoms with E-state index in [1.54, 1.807) is 18.5 Å². The van der Waals surface area contributed by atoms with Crippen molar-refractivity contribution in [3.05, 3.63) is 64.0 Å². The van der Waals surface area contributed by atoms with Crippen LogP contribution < -0.4 is 15.4 Å². The number of ether oxygens (including phenoxy) is 4. The standard InChI is InChI=1S/C17H21ClN4O2.C14H23BN2O3.C9H10Cl2N2O/c18-13-11-14(20-16(12-13)21-6-9-23-10-7-21)15-4-5-19-22(15)17-3-1-2-8-24-17;1-13(2)14(3,4)20-15(19-13)11-8-9-16-17(11)12-7-5-6-10-18-12;10-7-5-8(11)12-9(6-7)13-1-3-14-4-2-13/h4-5,11-12,17H,1-3,6-10H2;8-9,12H,5-7,10H2,1-4H3;5-6H,1-4H2. The second kappa shape index (κ2) is 19.6. The van der Waals surface area contributed by atoms with E-state index >= 15 is 0 Å². The molecule has 0 saturated carbocycles. The van der Waals surface area contributed by atoms with Gasteiger partial charge >= 0.3 is 7.12 Å². The monoisotopic (exact) mass is 858 g/mol. The van der Waals surface area contributed by atoms with Gasteiger partial charge in [0.05, 0.1) is 54.6 Å². The first-order valence-corrected chi connectivity index (χ1v) is 21.4. The molecule has 0 spiro atoms. The summed E-state index contributed by atoms with van der Waals surface area (Å²) in [6, 6.07) is 11.2. The third kappa shape index (κ3) is 10.7. The van der Waals surface area contributed by atoms with E-state index in [0.29, 0.717) is 15.2 Å². The van der Waals surface area contributed by atoms with Crippen LogP contribution in [0.1, 0.15) is 78.7 Å². The van der Waals surface area contributed by atoms with Gasteiger partial charge in [0.2, 0.25) is 0 Å². The molecule has 9 rings (SSSR count).